The second kappa shape index (κ2) is 3.79. The van der Waals surface area contributed by atoms with Gasteiger partial charge in [-0.1, -0.05) is 12.6 Å². The third-order valence-corrected chi connectivity index (χ3v) is 2.47. The Hall–Kier alpha value is -1.37. The van der Waals surface area contributed by atoms with E-state index in [0.717, 1.165) is 16.7 Å². The van der Waals surface area contributed by atoms with Gasteiger partial charge in [-0.3, -0.25) is 4.79 Å². The number of Topliss-reactive ketones (excluding diaryl/α,β-unsaturated/α-hetero) is 1. The number of carbonyl (C=O) groups is 1. The van der Waals surface area contributed by atoms with Crippen LogP contribution in [0.2, 0.25) is 0 Å². The van der Waals surface area contributed by atoms with E-state index in [0.29, 0.717) is 5.57 Å². The maximum atomic E-state index is 11.7. The highest BCUT2D eigenvalue weighted by Crippen LogP contribution is 2.17. The van der Waals surface area contributed by atoms with E-state index < -0.39 is 0 Å². The van der Waals surface area contributed by atoms with Gasteiger partial charge in [0.25, 0.3) is 0 Å². The molecule has 0 aliphatic rings. The molecule has 0 aromatic heterocycles. The summed E-state index contributed by atoms with van der Waals surface area (Å²) in [5.74, 6) is 0.0469. The third-order valence-electron chi connectivity index (χ3n) is 2.47. The van der Waals surface area contributed by atoms with Crippen LogP contribution in [-0.4, -0.2) is 5.78 Å². The first-order valence-electron chi connectivity index (χ1n) is 4.71. The van der Waals surface area contributed by atoms with Crippen LogP contribution in [0.3, 0.4) is 0 Å². The van der Waals surface area contributed by atoms with Crippen molar-refractivity contribution in [1.29, 1.82) is 0 Å². The van der Waals surface area contributed by atoms with E-state index in [-0.39, 0.29) is 5.78 Å². The number of hydrogen-bond acceptors (Lipinski definition) is 1. The lowest BCUT2D eigenvalue weighted by atomic mass is 9.96. The largest absolute Gasteiger partial charge is 0.289 e. The van der Waals surface area contributed by atoms with Crippen molar-refractivity contribution >= 4 is 5.78 Å². The Morgan fingerprint density at radius 3 is 2.07 bits per heavy atom. The lowest BCUT2D eigenvalue weighted by Gasteiger charge is -2.08. The molecule has 1 rings (SSSR count). The topological polar surface area (TPSA) is 17.1 Å². The molecular formula is C13H16O. The number of hydrogen-bond donors (Lipinski definition) is 0. The number of allylic oxidation sites excluding steroid dienone is 1. The van der Waals surface area contributed by atoms with Crippen LogP contribution >= 0.6 is 0 Å². The van der Waals surface area contributed by atoms with Crippen LogP contribution in [0.25, 0.3) is 0 Å². The summed E-state index contributed by atoms with van der Waals surface area (Å²) in [4.78, 5) is 11.7. The SMILES string of the molecule is C=C(C)C(=O)c1cc(C)c(C)cc1C. The van der Waals surface area contributed by atoms with Crippen molar-refractivity contribution in [3.63, 3.8) is 0 Å². The van der Waals surface area contributed by atoms with Crippen LogP contribution in [-0.2, 0) is 0 Å². The van der Waals surface area contributed by atoms with Gasteiger partial charge in [-0.25, -0.2) is 0 Å². The normalized spacial score (nSPS) is 10.0. The van der Waals surface area contributed by atoms with Crippen LogP contribution in [0.4, 0.5) is 0 Å². The van der Waals surface area contributed by atoms with E-state index in [4.69, 9.17) is 0 Å². The van der Waals surface area contributed by atoms with Gasteiger partial charge in [-0.15, -0.1) is 0 Å². The summed E-state index contributed by atoms with van der Waals surface area (Å²) in [5, 5.41) is 0. The Morgan fingerprint density at radius 1 is 1.07 bits per heavy atom. The van der Waals surface area contributed by atoms with Crippen molar-refractivity contribution < 1.29 is 4.79 Å². The van der Waals surface area contributed by atoms with Gasteiger partial charge in [0.2, 0.25) is 0 Å². The molecule has 0 heterocycles. The second-order valence-corrected chi connectivity index (χ2v) is 3.86. The number of carbonyl (C=O) groups excluding carboxylic acids is 1. The molecule has 0 radical (unpaired) electrons. The molecule has 74 valence electrons. The number of ketones is 1. The first kappa shape index (κ1) is 10.7. The molecule has 0 fully saturated rings. The van der Waals surface area contributed by atoms with Crippen molar-refractivity contribution in [3.8, 4) is 0 Å². The smallest absolute Gasteiger partial charge is 0.188 e. The fourth-order valence-electron chi connectivity index (χ4n) is 1.44. The fraction of sp³-hybridized carbons (Fsp3) is 0.308. The molecule has 0 unspecified atom stereocenters. The predicted molar refractivity (Wildman–Crippen MR) is 59.8 cm³/mol. The van der Waals surface area contributed by atoms with E-state index in [1.165, 1.54) is 5.56 Å². The molecule has 0 aliphatic carbocycles. The zero-order chi connectivity index (χ0) is 10.9. The van der Waals surface area contributed by atoms with Crippen LogP contribution in [0.5, 0.6) is 0 Å². The Bertz CT molecular complexity index is 400. The van der Waals surface area contributed by atoms with Crippen molar-refractivity contribution in [2.75, 3.05) is 0 Å². The van der Waals surface area contributed by atoms with E-state index in [2.05, 4.69) is 13.5 Å². The third kappa shape index (κ3) is 1.92. The minimum atomic E-state index is 0.0469. The molecule has 1 aromatic rings. The molecular weight excluding hydrogens is 172 g/mol. The Balaban J connectivity index is 3.29. The molecule has 0 saturated carbocycles. The van der Waals surface area contributed by atoms with Gasteiger partial charge in [-0.2, -0.15) is 0 Å². The molecule has 1 nitrogen and oxygen atoms in total. The van der Waals surface area contributed by atoms with E-state index in [9.17, 15) is 4.79 Å². The zero-order valence-electron chi connectivity index (χ0n) is 9.27. The van der Waals surface area contributed by atoms with Gasteiger partial charge in [0, 0.05) is 5.56 Å². The van der Waals surface area contributed by atoms with Crippen LogP contribution in [0.15, 0.2) is 24.3 Å². The summed E-state index contributed by atoms with van der Waals surface area (Å²) >= 11 is 0. The van der Waals surface area contributed by atoms with Gasteiger partial charge in [0.05, 0.1) is 0 Å². The minimum absolute atomic E-state index is 0.0469. The Labute approximate surface area is 85.5 Å². The number of rotatable bonds is 2. The highest BCUT2D eigenvalue weighted by Gasteiger charge is 2.10. The average molecular weight is 188 g/mol. The Morgan fingerprint density at radius 2 is 1.57 bits per heavy atom. The minimum Gasteiger partial charge on any atom is -0.289 e. The number of aryl methyl sites for hydroxylation is 3. The van der Waals surface area contributed by atoms with Gasteiger partial charge in [0.1, 0.15) is 0 Å². The van der Waals surface area contributed by atoms with Crippen LogP contribution in [0, 0.1) is 20.8 Å². The maximum absolute atomic E-state index is 11.7. The monoisotopic (exact) mass is 188 g/mol. The molecule has 1 aromatic carbocycles. The summed E-state index contributed by atoms with van der Waals surface area (Å²) in [6.45, 7) is 11.5. The maximum Gasteiger partial charge on any atom is 0.188 e. The lowest BCUT2D eigenvalue weighted by molar-refractivity contribution is 0.103. The average Bonchev–Trinajstić information content (AvgIpc) is 2.10. The van der Waals surface area contributed by atoms with Gasteiger partial charge < -0.3 is 0 Å². The van der Waals surface area contributed by atoms with Crippen molar-refractivity contribution in [1.82, 2.24) is 0 Å². The first-order valence-corrected chi connectivity index (χ1v) is 4.71. The molecule has 1 heteroatoms. The predicted octanol–water partition coefficient (Wildman–Crippen LogP) is 3.37. The summed E-state index contributed by atoms with van der Waals surface area (Å²) in [7, 11) is 0. The van der Waals surface area contributed by atoms with Crippen molar-refractivity contribution in [3.05, 3.63) is 46.5 Å². The van der Waals surface area contributed by atoms with E-state index in [1.807, 2.05) is 26.0 Å². The van der Waals surface area contributed by atoms with Crippen LogP contribution < -0.4 is 0 Å². The molecule has 0 amide bonds. The standard InChI is InChI=1S/C13H16O/c1-8(2)13(14)12-7-10(4)9(3)6-11(12)5/h6-7H,1H2,2-5H3. The molecule has 0 atom stereocenters. The highest BCUT2D eigenvalue weighted by atomic mass is 16.1. The summed E-state index contributed by atoms with van der Waals surface area (Å²) in [6.07, 6.45) is 0. The molecule has 0 spiro atoms. The van der Waals surface area contributed by atoms with E-state index in [1.54, 1.807) is 6.92 Å². The summed E-state index contributed by atoms with van der Waals surface area (Å²) in [6, 6.07) is 3.99. The number of benzene rings is 1. The molecule has 0 N–H and O–H groups in total. The molecule has 14 heavy (non-hydrogen) atoms. The fourth-order valence-corrected chi connectivity index (χ4v) is 1.44. The van der Waals surface area contributed by atoms with Crippen molar-refractivity contribution in [2.45, 2.75) is 27.7 Å². The van der Waals surface area contributed by atoms with Gasteiger partial charge in [-0.05, 0) is 56.0 Å². The summed E-state index contributed by atoms with van der Waals surface area (Å²) in [5.41, 5.74) is 4.78. The first-order chi connectivity index (χ1) is 6.43. The molecule has 0 saturated heterocycles. The zero-order valence-corrected chi connectivity index (χ0v) is 9.27. The summed E-state index contributed by atoms with van der Waals surface area (Å²) < 4.78 is 0. The lowest BCUT2D eigenvalue weighted by Crippen LogP contribution is -2.03. The van der Waals surface area contributed by atoms with E-state index >= 15 is 0 Å². The second-order valence-electron chi connectivity index (χ2n) is 3.86. The van der Waals surface area contributed by atoms with Gasteiger partial charge >= 0.3 is 0 Å². The Kier molecular flexibility index (Phi) is 2.90. The molecule has 0 bridgehead atoms. The van der Waals surface area contributed by atoms with Crippen molar-refractivity contribution in [2.24, 2.45) is 0 Å². The molecule has 0 aliphatic heterocycles. The van der Waals surface area contributed by atoms with Gasteiger partial charge in [0.15, 0.2) is 5.78 Å². The quantitative estimate of drug-likeness (QED) is 0.513. The van der Waals surface area contributed by atoms with Crippen LogP contribution in [0.1, 0.15) is 34.0 Å². The highest BCUT2D eigenvalue weighted by molar-refractivity contribution is 6.08.